The maximum absolute atomic E-state index is 11.4. The number of β-amino-alcohol motifs (C(OH)–C–C–N with tert-alkyl or cyclic N) is 1. The standard InChI is InChI=1S/C24H31NO4/c1-17-9-7-8-12-21(17)22(18-10-5-4-6-11-18)29-16-20(26)15-25-14-19(23(27)28)13-24(25,2)3/h4-12,19-20,22,26H,13-16H2,1-3H3,(H,27,28). The largest absolute Gasteiger partial charge is 0.481 e. The Bertz CT molecular complexity index is 821. The van der Waals surface area contributed by atoms with E-state index >= 15 is 0 Å². The monoisotopic (exact) mass is 397 g/mol. The van der Waals surface area contributed by atoms with Gasteiger partial charge >= 0.3 is 5.97 Å². The summed E-state index contributed by atoms with van der Waals surface area (Å²) in [4.78, 5) is 13.4. The summed E-state index contributed by atoms with van der Waals surface area (Å²) in [5.74, 6) is -1.16. The lowest BCUT2D eigenvalue weighted by Gasteiger charge is -2.33. The molecule has 3 unspecified atom stereocenters. The van der Waals surface area contributed by atoms with Crippen molar-refractivity contribution in [1.29, 1.82) is 0 Å². The molecule has 5 heteroatoms. The first-order valence-corrected chi connectivity index (χ1v) is 10.2. The van der Waals surface area contributed by atoms with Crippen molar-refractivity contribution in [2.24, 2.45) is 5.92 Å². The maximum atomic E-state index is 11.4. The number of aliphatic hydroxyl groups excluding tert-OH is 1. The highest BCUT2D eigenvalue weighted by molar-refractivity contribution is 5.71. The zero-order chi connectivity index (χ0) is 21.0. The molecule has 3 atom stereocenters. The Kier molecular flexibility index (Phi) is 6.73. The second-order valence-corrected chi connectivity index (χ2v) is 8.59. The molecule has 2 N–H and O–H groups in total. The number of aliphatic carboxylic acids is 1. The van der Waals surface area contributed by atoms with Gasteiger partial charge in [0.15, 0.2) is 0 Å². The molecule has 0 aliphatic carbocycles. The highest BCUT2D eigenvalue weighted by Crippen LogP contribution is 2.33. The van der Waals surface area contributed by atoms with Crippen molar-refractivity contribution < 1.29 is 19.7 Å². The molecule has 1 saturated heterocycles. The molecule has 0 saturated carbocycles. The maximum Gasteiger partial charge on any atom is 0.307 e. The second kappa shape index (κ2) is 9.08. The number of ether oxygens (including phenoxy) is 1. The summed E-state index contributed by atoms with van der Waals surface area (Å²) in [5.41, 5.74) is 3.01. The molecule has 5 nitrogen and oxygen atoms in total. The molecule has 2 aromatic carbocycles. The van der Waals surface area contributed by atoms with Crippen LogP contribution in [0.5, 0.6) is 0 Å². The van der Waals surface area contributed by atoms with E-state index in [1.807, 2.05) is 56.3 Å². The first kappa shape index (κ1) is 21.5. The number of aliphatic hydroxyl groups is 1. The van der Waals surface area contributed by atoms with E-state index in [2.05, 4.69) is 24.0 Å². The molecule has 29 heavy (non-hydrogen) atoms. The quantitative estimate of drug-likeness (QED) is 0.712. The Labute approximate surface area is 172 Å². The highest BCUT2D eigenvalue weighted by Gasteiger charge is 2.42. The SMILES string of the molecule is Cc1ccccc1C(OCC(O)CN1CC(C(=O)O)CC1(C)C)c1ccccc1. The van der Waals surface area contributed by atoms with Gasteiger partial charge in [0.05, 0.1) is 18.6 Å². The van der Waals surface area contributed by atoms with Crippen LogP contribution in [0.4, 0.5) is 0 Å². The molecule has 1 heterocycles. The van der Waals surface area contributed by atoms with Gasteiger partial charge in [-0.2, -0.15) is 0 Å². The van der Waals surface area contributed by atoms with E-state index in [1.165, 1.54) is 0 Å². The zero-order valence-electron chi connectivity index (χ0n) is 17.4. The van der Waals surface area contributed by atoms with E-state index in [9.17, 15) is 15.0 Å². The topological polar surface area (TPSA) is 70.0 Å². The van der Waals surface area contributed by atoms with Gasteiger partial charge in [0, 0.05) is 18.6 Å². The zero-order valence-corrected chi connectivity index (χ0v) is 17.4. The minimum Gasteiger partial charge on any atom is -0.481 e. The van der Waals surface area contributed by atoms with E-state index in [0.29, 0.717) is 19.5 Å². The second-order valence-electron chi connectivity index (χ2n) is 8.59. The van der Waals surface area contributed by atoms with Gasteiger partial charge in [0.25, 0.3) is 0 Å². The van der Waals surface area contributed by atoms with Gasteiger partial charge in [-0.3, -0.25) is 9.69 Å². The molecule has 0 spiro atoms. The summed E-state index contributed by atoms with van der Waals surface area (Å²) in [5, 5.41) is 20.0. The summed E-state index contributed by atoms with van der Waals surface area (Å²) in [7, 11) is 0. The molecule has 1 aliphatic heterocycles. The molecule has 0 bridgehead atoms. The van der Waals surface area contributed by atoms with Crippen molar-refractivity contribution in [2.75, 3.05) is 19.7 Å². The van der Waals surface area contributed by atoms with E-state index in [-0.39, 0.29) is 24.2 Å². The number of hydrogen-bond acceptors (Lipinski definition) is 4. The molecular formula is C24H31NO4. The van der Waals surface area contributed by atoms with Gasteiger partial charge in [-0.25, -0.2) is 0 Å². The number of nitrogens with zero attached hydrogens (tertiary/aromatic N) is 1. The number of benzene rings is 2. The van der Waals surface area contributed by atoms with E-state index in [0.717, 1.165) is 16.7 Å². The first-order valence-electron chi connectivity index (χ1n) is 10.2. The van der Waals surface area contributed by atoms with E-state index in [4.69, 9.17) is 4.74 Å². The molecule has 0 radical (unpaired) electrons. The summed E-state index contributed by atoms with van der Waals surface area (Å²) in [6.07, 6.45) is -0.367. The third-order valence-electron chi connectivity index (χ3n) is 5.85. The van der Waals surface area contributed by atoms with Gasteiger partial charge in [-0.05, 0) is 43.9 Å². The lowest BCUT2D eigenvalue weighted by molar-refractivity contribution is -0.141. The number of carboxylic acids is 1. The van der Waals surface area contributed by atoms with Crippen molar-refractivity contribution in [3.8, 4) is 0 Å². The predicted octanol–water partition coefficient (Wildman–Crippen LogP) is 3.65. The Balaban J connectivity index is 1.68. The van der Waals surface area contributed by atoms with E-state index in [1.54, 1.807) is 0 Å². The number of likely N-dealkylation sites (tertiary alicyclic amines) is 1. The third kappa shape index (κ3) is 5.24. The van der Waals surface area contributed by atoms with Crippen molar-refractivity contribution in [2.45, 2.75) is 44.9 Å². The van der Waals surface area contributed by atoms with Crippen molar-refractivity contribution in [1.82, 2.24) is 4.90 Å². The molecule has 1 aliphatic rings. The summed E-state index contributed by atoms with van der Waals surface area (Å²) < 4.78 is 6.22. The summed E-state index contributed by atoms with van der Waals surface area (Å²) in [6.45, 7) is 7.15. The summed E-state index contributed by atoms with van der Waals surface area (Å²) in [6, 6.07) is 18.1. The average molecular weight is 398 g/mol. The predicted molar refractivity (Wildman–Crippen MR) is 113 cm³/mol. The summed E-state index contributed by atoms with van der Waals surface area (Å²) >= 11 is 0. The minimum atomic E-state index is -0.769. The van der Waals surface area contributed by atoms with Crippen LogP contribution in [0.3, 0.4) is 0 Å². The lowest BCUT2D eigenvalue weighted by atomic mass is 9.96. The van der Waals surface area contributed by atoms with Crippen LogP contribution in [0.2, 0.25) is 0 Å². The molecule has 1 fully saturated rings. The smallest absolute Gasteiger partial charge is 0.307 e. The molecule has 3 rings (SSSR count). The Morgan fingerprint density at radius 2 is 1.83 bits per heavy atom. The Morgan fingerprint density at radius 3 is 2.45 bits per heavy atom. The van der Waals surface area contributed by atoms with Crippen LogP contribution < -0.4 is 0 Å². The lowest BCUT2D eigenvalue weighted by Crippen LogP contribution is -2.44. The number of carboxylic acid groups (broad SMARTS) is 1. The average Bonchev–Trinajstić information content (AvgIpc) is 2.99. The van der Waals surface area contributed by atoms with Crippen LogP contribution in [-0.4, -0.2) is 52.4 Å². The van der Waals surface area contributed by atoms with Crippen LogP contribution in [0, 0.1) is 12.8 Å². The van der Waals surface area contributed by atoms with Gasteiger partial charge in [0.1, 0.15) is 6.10 Å². The third-order valence-corrected chi connectivity index (χ3v) is 5.85. The fraction of sp³-hybridized carbons (Fsp3) is 0.458. The van der Waals surface area contributed by atoms with Crippen LogP contribution in [0.15, 0.2) is 54.6 Å². The van der Waals surface area contributed by atoms with Crippen LogP contribution in [0.1, 0.15) is 43.1 Å². The molecule has 0 aromatic heterocycles. The van der Waals surface area contributed by atoms with Crippen molar-refractivity contribution >= 4 is 5.97 Å². The molecule has 0 amide bonds. The number of hydrogen-bond donors (Lipinski definition) is 2. The highest BCUT2D eigenvalue weighted by atomic mass is 16.5. The van der Waals surface area contributed by atoms with Gasteiger partial charge in [-0.15, -0.1) is 0 Å². The first-order chi connectivity index (χ1) is 13.8. The van der Waals surface area contributed by atoms with Gasteiger partial charge in [-0.1, -0.05) is 54.6 Å². The number of rotatable bonds is 8. The Morgan fingerprint density at radius 1 is 1.17 bits per heavy atom. The van der Waals surface area contributed by atoms with E-state index < -0.39 is 12.1 Å². The number of carbonyl (C=O) groups is 1. The number of aryl methyl sites for hydroxylation is 1. The minimum absolute atomic E-state index is 0.179. The molecule has 156 valence electrons. The molecular weight excluding hydrogens is 366 g/mol. The fourth-order valence-corrected chi connectivity index (χ4v) is 4.19. The van der Waals surface area contributed by atoms with Crippen molar-refractivity contribution in [3.05, 3.63) is 71.3 Å². The molecule has 2 aromatic rings. The normalized spacial score (nSPS) is 21.0. The fourth-order valence-electron chi connectivity index (χ4n) is 4.19. The van der Waals surface area contributed by atoms with Gasteiger partial charge in [0.2, 0.25) is 0 Å². The van der Waals surface area contributed by atoms with Gasteiger partial charge < -0.3 is 14.9 Å². The van der Waals surface area contributed by atoms with Crippen LogP contribution in [0.25, 0.3) is 0 Å². The van der Waals surface area contributed by atoms with Crippen LogP contribution in [-0.2, 0) is 9.53 Å². The van der Waals surface area contributed by atoms with Crippen LogP contribution >= 0.6 is 0 Å². The van der Waals surface area contributed by atoms with Crippen molar-refractivity contribution in [3.63, 3.8) is 0 Å². The Hall–Kier alpha value is -2.21.